The standard InChI is InChI=1S/C11H14BrFO3/c1-11(2,5-14)6-4-7(12)8(13)10(16-3)9(6)15/h4,14-15H,5H2,1-3H3. The monoisotopic (exact) mass is 292 g/mol. The maximum Gasteiger partial charge on any atom is 0.198 e. The summed E-state index contributed by atoms with van der Waals surface area (Å²) in [5.74, 6) is -1.15. The Morgan fingerprint density at radius 3 is 2.50 bits per heavy atom. The highest BCUT2D eigenvalue weighted by Crippen LogP contribution is 2.42. The zero-order valence-corrected chi connectivity index (χ0v) is 10.9. The number of benzene rings is 1. The zero-order chi connectivity index (χ0) is 12.5. The zero-order valence-electron chi connectivity index (χ0n) is 9.34. The topological polar surface area (TPSA) is 49.7 Å². The molecule has 0 saturated heterocycles. The highest BCUT2D eigenvalue weighted by atomic mass is 79.9. The molecule has 2 N–H and O–H groups in total. The molecule has 0 unspecified atom stereocenters. The second-order valence-corrected chi connectivity index (χ2v) is 5.00. The number of aliphatic hydroxyl groups excluding tert-OH is 1. The van der Waals surface area contributed by atoms with Crippen LogP contribution in [0.3, 0.4) is 0 Å². The summed E-state index contributed by atoms with van der Waals surface area (Å²) in [6, 6.07) is 1.45. The molecule has 5 heteroatoms. The third-order valence-corrected chi connectivity index (χ3v) is 3.06. The normalized spacial score (nSPS) is 11.6. The third kappa shape index (κ3) is 2.15. The number of ether oxygens (including phenoxy) is 1. The van der Waals surface area contributed by atoms with Crippen molar-refractivity contribution < 1.29 is 19.3 Å². The van der Waals surface area contributed by atoms with Crippen molar-refractivity contribution in [3.05, 3.63) is 21.9 Å². The lowest BCUT2D eigenvalue weighted by molar-refractivity contribution is 0.213. The van der Waals surface area contributed by atoms with Crippen LogP contribution in [0.2, 0.25) is 0 Å². The van der Waals surface area contributed by atoms with E-state index in [1.165, 1.54) is 13.2 Å². The minimum Gasteiger partial charge on any atom is -0.504 e. The molecule has 0 fully saturated rings. The fraction of sp³-hybridized carbons (Fsp3) is 0.455. The quantitative estimate of drug-likeness (QED) is 0.900. The number of hydrogen-bond acceptors (Lipinski definition) is 3. The Kier molecular flexibility index (Phi) is 3.80. The summed E-state index contributed by atoms with van der Waals surface area (Å²) in [7, 11) is 1.28. The Morgan fingerprint density at radius 2 is 2.06 bits per heavy atom. The molecule has 0 bridgehead atoms. The van der Waals surface area contributed by atoms with Gasteiger partial charge in [0.05, 0.1) is 18.2 Å². The van der Waals surface area contributed by atoms with Crippen molar-refractivity contribution in [2.75, 3.05) is 13.7 Å². The van der Waals surface area contributed by atoms with E-state index in [1.54, 1.807) is 13.8 Å². The highest BCUT2D eigenvalue weighted by molar-refractivity contribution is 9.10. The Hall–Kier alpha value is -0.810. The summed E-state index contributed by atoms with van der Waals surface area (Å²) < 4.78 is 18.5. The smallest absolute Gasteiger partial charge is 0.198 e. The largest absolute Gasteiger partial charge is 0.504 e. The van der Waals surface area contributed by atoms with Crippen molar-refractivity contribution in [1.29, 1.82) is 0 Å². The molecule has 0 aliphatic rings. The van der Waals surface area contributed by atoms with Gasteiger partial charge in [-0.1, -0.05) is 13.8 Å². The summed E-state index contributed by atoms with van der Waals surface area (Å²) in [6.45, 7) is 3.32. The molecule has 1 rings (SSSR count). The van der Waals surface area contributed by atoms with Gasteiger partial charge in [0.25, 0.3) is 0 Å². The van der Waals surface area contributed by atoms with E-state index < -0.39 is 11.2 Å². The molecule has 0 spiro atoms. The van der Waals surface area contributed by atoms with E-state index >= 15 is 0 Å². The lowest BCUT2D eigenvalue weighted by atomic mass is 9.84. The number of rotatable bonds is 3. The van der Waals surface area contributed by atoms with Crippen LogP contribution in [0.4, 0.5) is 4.39 Å². The van der Waals surface area contributed by atoms with Gasteiger partial charge in [-0.05, 0) is 22.0 Å². The first kappa shape index (κ1) is 13.3. The third-order valence-electron chi connectivity index (χ3n) is 2.48. The van der Waals surface area contributed by atoms with Crippen molar-refractivity contribution in [1.82, 2.24) is 0 Å². The molecular formula is C11H14BrFO3. The summed E-state index contributed by atoms with van der Waals surface area (Å²) >= 11 is 3.05. The average molecular weight is 293 g/mol. The fourth-order valence-electron chi connectivity index (χ4n) is 1.38. The van der Waals surface area contributed by atoms with Gasteiger partial charge in [-0.25, -0.2) is 4.39 Å². The van der Waals surface area contributed by atoms with Crippen LogP contribution in [-0.2, 0) is 5.41 Å². The Morgan fingerprint density at radius 1 is 1.50 bits per heavy atom. The van der Waals surface area contributed by atoms with Crippen molar-refractivity contribution in [2.45, 2.75) is 19.3 Å². The van der Waals surface area contributed by atoms with Gasteiger partial charge in [-0.15, -0.1) is 0 Å². The molecule has 0 aromatic heterocycles. The Labute approximate surface area is 102 Å². The van der Waals surface area contributed by atoms with E-state index in [9.17, 15) is 14.6 Å². The van der Waals surface area contributed by atoms with Crippen LogP contribution >= 0.6 is 15.9 Å². The summed E-state index contributed by atoms with van der Waals surface area (Å²) in [4.78, 5) is 0. The number of halogens is 2. The summed E-state index contributed by atoms with van der Waals surface area (Å²) in [5, 5.41) is 19.1. The van der Waals surface area contributed by atoms with Crippen molar-refractivity contribution in [3.63, 3.8) is 0 Å². The van der Waals surface area contributed by atoms with Crippen molar-refractivity contribution >= 4 is 15.9 Å². The van der Waals surface area contributed by atoms with E-state index in [-0.39, 0.29) is 22.6 Å². The lowest BCUT2D eigenvalue weighted by Gasteiger charge is -2.24. The predicted octanol–water partition coefficient (Wildman–Crippen LogP) is 2.57. The van der Waals surface area contributed by atoms with E-state index in [0.717, 1.165) is 0 Å². The SMILES string of the molecule is COc1c(O)c(C(C)(C)CO)cc(Br)c1F. The van der Waals surface area contributed by atoms with E-state index in [0.29, 0.717) is 5.56 Å². The maximum atomic E-state index is 13.5. The molecule has 0 aliphatic carbocycles. The van der Waals surface area contributed by atoms with Gasteiger partial charge >= 0.3 is 0 Å². The van der Waals surface area contributed by atoms with Gasteiger partial charge < -0.3 is 14.9 Å². The van der Waals surface area contributed by atoms with Crippen LogP contribution in [0.15, 0.2) is 10.5 Å². The Bertz CT molecular complexity index is 405. The molecule has 90 valence electrons. The first-order chi connectivity index (χ1) is 7.35. The highest BCUT2D eigenvalue weighted by Gasteiger charge is 2.28. The molecule has 1 aromatic carbocycles. The minimum absolute atomic E-state index is 0.165. The van der Waals surface area contributed by atoms with Crippen molar-refractivity contribution in [2.24, 2.45) is 0 Å². The van der Waals surface area contributed by atoms with Crippen molar-refractivity contribution in [3.8, 4) is 11.5 Å². The molecule has 0 heterocycles. The van der Waals surface area contributed by atoms with Crippen LogP contribution in [0.25, 0.3) is 0 Å². The van der Waals surface area contributed by atoms with Crippen LogP contribution in [-0.4, -0.2) is 23.9 Å². The van der Waals surface area contributed by atoms with E-state index in [1.807, 2.05) is 0 Å². The summed E-state index contributed by atoms with van der Waals surface area (Å²) in [6.07, 6.45) is 0. The molecule has 0 aliphatic heterocycles. The fourth-order valence-corrected chi connectivity index (χ4v) is 1.79. The van der Waals surface area contributed by atoms with E-state index in [2.05, 4.69) is 15.9 Å². The first-order valence-electron chi connectivity index (χ1n) is 4.71. The first-order valence-corrected chi connectivity index (χ1v) is 5.50. The van der Waals surface area contributed by atoms with Gasteiger partial charge in [-0.2, -0.15) is 0 Å². The van der Waals surface area contributed by atoms with Gasteiger partial charge in [0.1, 0.15) is 0 Å². The van der Waals surface area contributed by atoms with Crippen LogP contribution < -0.4 is 4.74 Å². The molecule has 0 atom stereocenters. The number of phenolic OH excluding ortho intramolecular Hbond substituents is 1. The van der Waals surface area contributed by atoms with E-state index in [4.69, 9.17) is 4.74 Å². The van der Waals surface area contributed by atoms with Gasteiger partial charge in [0.15, 0.2) is 17.3 Å². The molecule has 0 radical (unpaired) electrons. The number of hydrogen-bond donors (Lipinski definition) is 2. The van der Waals surface area contributed by atoms with Crippen LogP contribution in [0.5, 0.6) is 11.5 Å². The molecule has 1 aromatic rings. The number of methoxy groups -OCH3 is 1. The van der Waals surface area contributed by atoms with Gasteiger partial charge in [0, 0.05) is 11.0 Å². The summed E-state index contributed by atoms with van der Waals surface area (Å²) in [5.41, 5.74) is -0.242. The number of aliphatic hydroxyl groups is 1. The Balaban J connectivity index is 3.49. The number of phenols is 1. The molecular weight excluding hydrogens is 279 g/mol. The number of aromatic hydroxyl groups is 1. The lowest BCUT2D eigenvalue weighted by Crippen LogP contribution is -2.22. The minimum atomic E-state index is -0.673. The second-order valence-electron chi connectivity index (χ2n) is 4.14. The van der Waals surface area contributed by atoms with Gasteiger partial charge in [0.2, 0.25) is 0 Å². The van der Waals surface area contributed by atoms with Gasteiger partial charge in [-0.3, -0.25) is 0 Å². The predicted molar refractivity (Wildman–Crippen MR) is 62.4 cm³/mol. The molecule has 3 nitrogen and oxygen atoms in total. The second kappa shape index (κ2) is 4.59. The van der Waals surface area contributed by atoms with Crippen LogP contribution in [0, 0.1) is 5.82 Å². The molecule has 0 saturated carbocycles. The molecule has 16 heavy (non-hydrogen) atoms. The molecule has 0 amide bonds. The average Bonchev–Trinajstić information content (AvgIpc) is 2.24. The van der Waals surface area contributed by atoms with Crippen LogP contribution in [0.1, 0.15) is 19.4 Å². The maximum absolute atomic E-state index is 13.5.